The van der Waals surface area contributed by atoms with E-state index in [2.05, 4.69) is 10.1 Å². The molecule has 7 heteroatoms. The van der Waals surface area contributed by atoms with Crippen LogP contribution in [-0.4, -0.2) is 50.9 Å². The van der Waals surface area contributed by atoms with Crippen LogP contribution in [0.1, 0.15) is 62.6 Å². The Kier molecular flexibility index (Phi) is 3.79. The Labute approximate surface area is 135 Å². The molecule has 0 aromatic carbocycles. The van der Waals surface area contributed by atoms with Gasteiger partial charge in [-0.3, -0.25) is 9.59 Å². The first kappa shape index (κ1) is 14.7. The summed E-state index contributed by atoms with van der Waals surface area (Å²) in [5.74, 6) is 0.782. The molecule has 0 radical (unpaired) electrons. The van der Waals surface area contributed by atoms with Crippen molar-refractivity contribution >= 4 is 11.8 Å². The first-order valence-electron chi connectivity index (χ1n) is 8.65. The third-order valence-electron chi connectivity index (χ3n) is 5.11. The number of nitrogens with zero attached hydrogens (tertiary/aromatic N) is 4. The van der Waals surface area contributed by atoms with E-state index < -0.39 is 5.91 Å². The van der Waals surface area contributed by atoms with Gasteiger partial charge in [0.1, 0.15) is 6.54 Å². The number of carbonyl (C=O) groups is 2. The minimum Gasteiger partial charge on any atom is -0.337 e. The van der Waals surface area contributed by atoms with E-state index in [9.17, 15) is 9.59 Å². The summed E-state index contributed by atoms with van der Waals surface area (Å²) in [7, 11) is 0. The van der Waals surface area contributed by atoms with Gasteiger partial charge in [0.2, 0.25) is 5.89 Å². The van der Waals surface area contributed by atoms with Crippen molar-refractivity contribution in [2.45, 2.75) is 63.5 Å². The topological polar surface area (TPSA) is 79.5 Å². The van der Waals surface area contributed by atoms with Crippen LogP contribution in [0.3, 0.4) is 0 Å². The number of piperazine rings is 1. The minimum atomic E-state index is -0.437. The van der Waals surface area contributed by atoms with Crippen molar-refractivity contribution in [1.82, 2.24) is 19.9 Å². The fourth-order valence-electron chi connectivity index (χ4n) is 3.58. The van der Waals surface area contributed by atoms with Gasteiger partial charge in [0, 0.05) is 25.0 Å². The summed E-state index contributed by atoms with van der Waals surface area (Å²) >= 11 is 0. The van der Waals surface area contributed by atoms with Gasteiger partial charge >= 0.3 is 11.8 Å². The van der Waals surface area contributed by atoms with E-state index in [0.29, 0.717) is 24.9 Å². The van der Waals surface area contributed by atoms with Gasteiger partial charge in [-0.1, -0.05) is 24.4 Å². The van der Waals surface area contributed by atoms with E-state index in [4.69, 9.17) is 4.52 Å². The van der Waals surface area contributed by atoms with Crippen molar-refractivity contribution in [3.8, 4) is 0 Å². The van der Waals surface area contributed by atoms with Crippen LogP contribution in [0.5, 0.6) is 0 Å². The van der Waals surface area contributed by atoms with Crippen LogP contribution in [0.2, 0.25) is 0 Å². The molecule has 1 aromatic rings. The molecule has 4 rings (SSSR count). The lowest BCUT2D eigenvalue weighted by molar-refractivity contribution is -0.158. The van der Waals surface area contributed by atoms with Gasteiger partial charge in [-0.15, -0.1) is 0 Å². The van der Waals surface area contributed by atoms with Crippen LogP contribution in [0.4, 0.5) is 0 Å². The molecule has 23 heavy (non-hydrogen) atoms. The monoisotopic (exact) mass is 318 g/mol. The van der Waals surface area contributed by atoms with E-state index in [1.807, 2.05) is 0 Å². The number of rotatable bonds is 4. The fourth-order valence-corrected chi connectivity index (χ4v) is 3.58. The highest BCUT2D eigenvalue weighted by Gasteiger charge is 2.37. The highest BCUT2D eigenvalue weighted by atomic mass is 16.5. The molecule has 0 bridgehead atoms. The second-order valence-corrected chi connectivity index (χ2v) is 6.84. The Morgan fingerprint density at radius 1 is 1.00 bits per heavy atom. The van der Waals surface area contributed by atoms with E-state index in [1.54, 1.807) is 4.90 Å². The molecule has 0 atom stereocenters. The summed E-state index contributed by atoms with van der Waals surface area (Å²) in [6.45, 7) is 1.39. The molecular formula is C16H22N4O3. The lowest BCUT2D eigenvalue weighted by Gasteiger charge is -2.39. The molecule has 2 heterocycles. The van der Waals surface area contributed by atoms with Crippen molar-refractivity contribution in [2.75, 3.05) is 13.1 Å². The predicted octanol–water partition coefficient (Wildman–Crippen LogP) is 1.45. The Hall–Kier alpha value is -1.92. The van der Waals surface area contributed by atoms with Crippen LogP contribution in [0, 0.1) is 0 Å². The van der Waals surface area contributed by atoms with Crippen molar-refractivity contribution in [3.05, 3.63) is 11.7 Å². The molecule has 1 saturated heterocycles. The molecule has 3 fully saturated rings. The maximum atomic E-state index is 12.4. The maximum Gasteiger partial charge on any atom is 0.312 e. The number of hydrogen-bond acceptors (Lipinski definition) is 5. The highest BCUT2D eigenvalue weighted by molar-refractivity contribution is 6.35. The summed E-state index contributed by atoms with van der Waals surface area (Å²) in [6.07, 6.45) is 7.80. The summed E-state index contributed by atoms with van der Waals surface area (Å²) in [4.78, 5) is 32.4. The standard InChI is InChI=1S/C16H22N4O3/c21-15-16(22)20(12-4-2-1-3-5-12)9-8-19(15)10-13-17-14(18-23-13)11-6-7-11/h11-12H,1-10H2. The molecule has 1 aromatic heterocycles. The largest absolute Gasteiger partial charge is 0.337 e. The van der Waals surface area contributed by atoms with Crippen LogP contribution >= 0.6 is 0 Å². The van der Waals surface area contributed by atoms with E-state index >= 15 is 0 Å². The van der Waals surface area contributed by atoms with Crippen molar-refractivity contribution in [2.24, 2.45) is 0 Å². The minimum absolute atomic E-state index is 0.239. The average Bonchev–Trinajstić information content (AvgIpc) is 3.33. The van der Waals surface area contributed by atoms with Gasteiger partial charge in [0.15, 0.2) is 5.82 Å². The Balaban J connectivity index is 1.39. The average molecular weight is 318 g/mol. The Bertz CT molecular complexity index is 604. The zero-order valence-corrected chi connectivity index (χ0v) is 13.2. The van der Waals surface area contributed by atoms with Gasteiger partial charge in [0.05, 0.1) is 0 Å². The van der Waals surface area contributed by atoms with Gasteiger partial charge in [-0.2, -0.15) is 4.98 Å². The van der Waals surface area contributed by atoms with Gasteiger partial charge in [0.25, 0.3) is 0 Å². The molecule has 1 aliphatic heterocycles. The first-order valence-corrected chi connectivity index (χ1v) is 8.65. The third kappa shape index (κ3) is 2.96. The van der Waals surface area contributed by atoms with Gasteiger partial charge in [-0.25, -0.2) is 0 Å². The van der Waals surface area contributed by atoms with Crippen LogP contribution in [-0.2, 0) is 16.1 Å². The summed E-state index contributed by atoms with van der Waals surface area (Å²) < 4.78 is 5.22. The summed E-state index contributed by atoms with van der Waals surface area (Å²) in [6, 6.07) is 0.243. The quantitative estimate of drug-likeness (QED) is 0.785. The van der Waals surface area contributed by atoms with Crippen molar-refractivity contribution < 1.29 is 14.1 Å². The summed E-state index contributed by atoms with van der Waals surface area (Å²) in [5.41, 5.74) is 0. The molecular weight excluding hydrogens is 296 g/mol. The zero-order valence-electron chi connectivity index (χ0n) is 13.2. The molecule has 0 spiro atoms. The third-order valence-corrected chi connectivity index (χ3v) is 5.11. The van der Waals surface area contributed by atoms with Crippen LogP contribution in [0.15, 0.2) is 4.52 Å². The zero-order chi connectivity index (χ0) is 15.8. The molecule has 0 unspecified atom stereocenters. The molecule has 7 nitrogen and oxygen atoms in total. The fraction of sp³-hybridized carbons (Fsp3) is 0.750. The normalized spacial score (nSPS) is 23.7. The second kappa shape index (κ2) is 5.94. The van der Waals surface area contributed by atoms with Crippen LogP contribution in [0.25, 0.3) is 0 Å². The molecule has 124 valence electrons. The molecule has 2 amide bonds. The van der Waals surface area contributed by atoms with Gasteiger partial charge in [-0.05, 0) is 25.7 Å². The lowest BCUT2D eigenvalue weighted by Crippen LogP contribution is -2.57. The van der Waals surface area contributed by atoms with Crippen molar-refractivity contribution in [1.29, 1.82) is 0 Å². The predicted molar refractivity (Wildman–Crippen MR) is 80.3 cm³/mol. The Morgan fingerprint density at radius 2 is 1.78 bits per heavy atom. The number of carbonyl (C=O) groups excluding carboxylic acids is 2. The van der Waals surface area contributed by atoms with Gasteiger partial charge < -0.3 is 14.3 Å². The number of amides is 2. The Morgan fingerprint density at radius 3 is 2.52 bits per heavy atom. The molecule has 2 saturated carbocycles. The van der Waals surface area contributed by atoms with E-state index in [-0.39, 0.29) is 18.5 Å². The number of hydrogen-bond donors (Lipinski definition) is 0. The highest BCUT2D eigenvalue weighted by Crippen LogP contribution is 2.38. The second-order valence-electron chi connectivity index (χ2n) is 6.84. The molecule has 0 N–H and O–H groups in total. The lowest BCUT2D eigenvalue weighted by atomic mass is 9.93. The molecule has 3 aliphatic rings. The SMILES string of the molecule is O=C1C(=O)N(C2CCCCC2)CCN1Cc1nc(C2CC2)no1. The first-order chi connectivity index (χ1) is 11.2. The smallest absolute Gasteiger partial charge is 0.312 e. The number of aromatic nitrogens is 2. The van der Waals surface area contributed by atoms with E-state index in [1.165, 1.54) is 11.3 Å². The van der Waals surface area contributed by atoms with Crippen molar-refractivity contribution in [3.63, 3.8) is 0 Å². The molecule has 2 aliphatic carbocycles. The van der Waals surface area contributed by atoms with Crippen LogP contribution < -0.4 is 0 Å². The van der Waals surface area contributed by atoms with E-state index in [0.717, 1.165) is 44.3 Å². The maximum absolute atomic E-state index is 12.4. The summed E-state index contributed by atoms with van der Waals surface area (Å²) in [5, 5.41) is 3.96.